The van der Waals surface area contributed by atoms with Gasteiger partial charge in [-0.25, -0.2) is 0 Å². The van der Waals surface area contributed by atoms with Crippen LogP contribution < -0.4 is 4.74 Å². The number of hydrogen-bond acceptors (Lipinski definition) is 5. The SMILES string of the molecule is Cn1nnc(COc2ccc(Br)cc2CO)n1. The van der Waals surface area contributed by atoms with Gasteiger partial charge in [-0.2, -0.15) is 4.80 Å². The Balaban J connectivity index is 2.08. The van der Waals surface area contributed by atoms with Gasteiger partial charge in [0, 0.05) is 10.0 Å². The lowest BCUT2D eigenvalue weighted by atomic mass is 10.2. The number of ether oxygens (including phenoxy) is 1. The summed E-state index contributed by atoms with van der Waals surface area (Å²) in [5.74, 6) is 1.11. The van der Waals surface area contributed by atoms with E-state index in [1.165, 1.54) is 4.80 Å². The van der Waals surface area contributed by atoms with Crippen molar-refractivity contribution in [3.05, 3.63) is 34.1 Å². The Bertz CT molecular complexity index is 515. The van der Waals surface area contributed by atoms with Crippen LogP contribution in [0.4, 0.5) is 0 Å². The fourth-order valence-electron chi connectivity index (χ4n) is 1.34. The van der Waals surface area contributed by atoms with Crippen molar-refractivity contribution in [3.63, 3.8) is 0 Å². The fraction of sp³-hybridized carbons (Fsp3) is 0.300. The van der Waals surface area contributed by atoms with Gasteiger partial charge in [-0.1, -0.05) is 15.9 Å². The molecule has 0 saturated carbocycles. The second-order valence-electron chi connectivity index (χ2n) is 3.39. The Morgan fingerprint density at radius 2 is 2.29 bits per heavy atom. The average Bonchev–Trinajstić information content (AvgIpc) is 2.73. The quantitative estimate of drug-likeness (QED) is 0.913. The van der Waals surface area contributed by atoms with E-state index in [-0.39, 0.29) is 13.2 Å². The van der Waals surface area contributed by atoms with E-state index >= 15 is 0 Å². The number of aromatic nitrogens is 4. The average molecular weight is 299 g/mol. The van der Waals surface area contributed by atoms with Gasteiger partial charge in [-0.3, -0.25) is 0 Å². The maximum atomic E-state index is 9.20. The standard InChI is InChI=1S/C10H11BrN4O2/c1-15-13-10(12-14-15)6-17-9-3-2-8(11)4-7(9)5-16/h2-4,16H,5-6H2,1H3. The summed E-state index contributed by atoms with van der Waals surface area (Å²) in [5.41, 5.74) is 0.711. The van der Waals surface area contributed by atoms with Gasteiger partial charge in [0.25, 0.3) is 0 Å². The van der Waals surface area contributed by atoms with E-state index in [9.17, 15) is 5.11 Å². The number of aryl methyl sites for hydroxylation is 1. The molecule has 0 radical (unpaired) electrons. The molecule has 0 unspecified atom stereocenters. The summed E-state index contributed by atoms with van der Waals surface area (Å²) in [6, 6.07) is 5.43. The minimum Gasteiger partial charge on any atom is -0.485 e. The molecule has 1 N–H and O–H groups in total. The molecule has 0 spiro atoms. The van der Waals surface area contributed by atoms with Crippen LogP contribution in [0.15, 0.2) is 22.7 Å². The van der Waals surface area contributed by atoms with Gasteiger partial charge in [-0.15, -0.1) is 10.2 Å². The van der Waals surface area contributed by atoms with Crippen LogP contribution in [0, 0.1) is 0 Å². The second-order valence-corrected chi connectivity index (χ2v) is 4.31. The number of aliphatic hydroxyl groups is 1. The predicted octanol–water partition coefficient (Wildman–Crippen LogP) is 1.04. The molecule has 0 saturated heterocycles. The molecular weight excluding hydrogens is 288 g/mol. The maximum Gasteiger partial charge on any atom is 0.212 e. The van der Waals surface area contributed by atoms with E-state index < -0.39 is 0 Å². The molecule has 0 aliphatic rings. The van der Waals surface area contributed by atoms with Crippen molar-refractivity contribution in [3.8, 4) is 5.75 Å². The van der Waals surface area contributed by atoms with E-state index in [1.807, 2.05) is 6.07 Å². The zero-order valence-electron chi connectivity index (χ0n) is 9.17. The van der Waals surface area contributed by atoms with Crippen LogP contribution >= 0.6 is 15.9 Å². The topological polar surface area (TPSA) is 73.1 Å². The number of benzene rings is 1. The molecule has 2 aromatic rings. The molecule has 0 atom stereocenters. The Kier molecular flexibility index (Phi) is 3.70. The fourth-order valence-corrected chi connectivity index (χ4v) is 1.74. The van der Waals surface area contributed by atoms with Gasteiger partial charge < -0.3 is 9.84 Å². The minimum absolute atomic E-state index is 0.0807. The monoisotopic (exact) mass is 298 g/mol. The van der Waals surface area contributed by atoms with Crippen LogP contribution in [0.2, 0.25) is 0 Å². The highest BCUT2D eigenvalue weighted by atomic mass is 79.9. The molecule has 0 amide bonds. The summed E-state index contributed by atoms with van der Waals surface area (Å²) >= 11 is 3.33. The molecule has 1 aromatic heterocycles. The first-order valence-electron chi connectivity index (χ1n) is 4.94. The maximum absolute atomic E-state index is 9.20. The number of aliphatic hydroxyl groups excluding tert-OH is 1. The molecule has 0 bridgehead atoms. The normalized spacial score (nSPS) is 10.5. The van der Waals surface area contributed by atoms with Crippen molar-refractivity contribution in [1.29, 1.82) is 0 Å². The zero-order valence-corrected chi connectivity index (χ0v) is 10.8. The van der Waals surface area contributed by atoms with Crippen LogP contribution in [0.1, 0.15) is 11.4 Å². The molecule has 17 heavy (non-hydrogen) atoms. The first kappa shape index (κ1) is 12.0. The van der Waals surface area contributed by atoms with E-state index in [0.717, 1.165) is 4.47 Å². The van der Waals surface area contributed by atoms with E-state index in [4.69, 9.17) is 4.74 Å². The molecule has 6 nitrogen and oxygen atoms in total. The number of tetrazole rings is 1. The van der Waals surface area contributed by atoms with Gasteiger partial charge in [0.05, 0.1) is 13.7 Å². The Morgan fingerprint density at radius 1 is 1.47 bits per heavy atom. The van der Waals surface area contributed by atoms with Crippen LogP contribution in [-0.4, -0.2) is 25.3 Å². The van der Waals surface area contributed by atoms with E-state index in [1.54, 1.807) is 19.2 Å². The number of nitrogens with zero attached hydrogens (tertiary/aromatic N) is 4. The third-order valence-corrected chi connectivity index (χ3v) is 2.59. The lowest BCUT2D eigenvalue weighted by Crippen LogP contribution is -2.01. The summed E-state index contributed by atoms with van der Waals surface area (Å²) in [6.07, 6.45) is 0. The summed E-state index contributed by atoms with van der Waals surface area (Å²) in [6.45, 7) is 0.144. The van der Waals surface area contributed by atoms with Crippen molar-refractivity contribution in [2.24, 2.45) is 7.05 Å². The molecule has 0 aliphatic heterocycles. The minimum atomic E-state index is -0.0807. The van der Waals surface area contributed by atoms with E-state index in [0.29, 0.717) is 17.1 Å². The molecule has 0 fully saturated rings. The van der Waals surface area contributed by atoms with Gasteiger partial charge >= 0.3 is 0 Å². The smallest absolute Gasteiger partial charge is 0.212 e. The van der Waals surface area contributed by atoms with Crippen molar-refractivity contribution < 1.29 is 9.84 Å². The van der Waals surface area contributed by atoms with Crippen LogP contribution in [0.5, 0.6) is 5.75 Å². The first-order valence-corrected chi connectivity index (χ1v) is 5.73. The Labute approximate surface area is 106 Å². The van der Waals surface area contributed by atoms with Gasteiger partial charge in [0.2, 0.25) is 5.82 Å². The van der Waals surface area contributed by atoms with Crippen molar-refractivity contribution in [2.75, 3.05) is 0 Å². The molecular formula is C10H11BrN4O2. The van der Waals surface area contributed by atoms with Crippen molar-refractivity contribution >= 4 is 15.9 Å². The predicted molar refractivity (Wildman–Crippen MR) is 63.2 cm³/mol. The van der Waals surface area contributed by atoms with E-state index in [2.05, 4.69) is 31.3 Å². The molecule has 0 aliphatic carbocycles. The molecule has 1 heterocycles. The highest BCUT2D eigenvalue weighted by molar-refractivity contribution is 9.10. The van der Waals surface area contributed by atoms with Crippen LogP contribution in [0.25, 0.3) is 0 Å². The lowest BCUT2D eigenvalue weighted by Gasteiger charge is -2.08. The highest BCUT2D eigenvalue weighted by Crippen LogP contribution is 2.23. The third-order valence-electron chi connectivity index (χ3n) is 2.10. The molecule has 2 rings (SSSR count). The summed E-state index contributed by atoms with van der Waals surface area (Å²) in [7, 11) is 1.69. The summed E-state index contributed by atoms with van der Waals surface area (Å²) < 4.78 is 6.42. The number of rotatable bonds is 4. The van der Waals surface area contributed by atoms with Crippen molar-refractivity contribution in [2.45, 2.75) is 13.2 Å². The Morgan fingerprint density at radius 3 is 2.94 bits per heavy atom. The number of hydrogen-bond donors (Lipinski definition) is 1. The Hall–Kier alpha value is -1.47. The summed E-state index contributed by atoms with van der Waals surface area (Å²) in [5, 5.41) is 20.7. The molecule has 90 valence electrons. The van der Waals surface area contributed by atoms with Gasteiger partial charge in [0.1, 0.15) is 5.75 Å². The van der Waals surface area contributed by atoms with Crippen molar-refractivity contribution in [1.82, 2.24) is 20.2 Å². The number of halogens is 1. The highest BCUT2D eigenvalue weighted by Gasteiger charge is 2.06. The van der Waals surface area contributed by atoms with Gasteiger partial charge in [-0.05, 0) is 23.4 Å². The van der Waals surface area contributed by atoms with Crippen LogP contribution in [0.3, 0.4) is 0 Å². The molecule has 7 heteroatoms. The lowest BCUT2D eigenvalue weighted by molar-refractivity contribution is 0.255. The van der Waals surface area contributed by atoms with Gasteiger partial charge in [0.15, 0.2) is 6.61 Å². The zero-order chi connectivity index (χ0) is 12.3. The second kappa shape index (κ2) is 5.24. The largest absolute Gasteiger partial charge is 0.485 e. The molecule has 1 aromatic carbocycles. The first-order chi connectivity index (χ1) is 8.19. The van der Waals surface area contributed by atoms with Crippen LogP contribution in [-0.2, 0) is 20.3 Å². The summed E-state index contributed by atoms with van der Waals surface area (Å²) in [4.78, 5) is 1.37. The third kappa shape index (κ3) is 3.01.